The van der Waals surface area contributed by atoms with Gasteiger partial charge in [-0.3, -0.25) is 13.7 Å². The van der Waals surface area contributed by atoms with Crippen LogP contribution in [0.25, 0.3) is 55.6 Å². The van der Waals surface area contributed by atoms with Gasteiger partial charge in [-0.05, 0) is 73.2 Å². The van der Waals surface area contributed by atoms with Crippen molar-refractivity contribution >= 4 is 43.5 Å². The van der Waals surface area contributed by atoms with E-state index in [0.717, 1.165) is 10.6 Å². The number of nitrogens with one attached hydrogen (secondary N) is 1. The Hall–Kier alpha value is -5.20. The molecule has 0 fully saturated rings. The lowest BCUT2D eigenvalue weighted by molar-refractivity contribution is -0.0402. The van der Waals surface area contributed by atoms with Gasteiger partial charge in [-0.15, -0.1) is 0 Å². The van der Waals surface area contributed by atoms with E-state index in [1.165, 1.54) is 44.4 Å². The number of hydrogen-bond donors (Lipinski definition) is 2. The molecule has 3 heterocycles. The van der Waals surface area contributed by atoms with Gasteiger partial charge in [-0.2, -0.15) is 0 Å². The summed E-state index contributed by atoms with van der Waals surface area (Å²) < 4.78 is 69.9. The Kier molecular flexibility index (Phi) is 6.92. The van der Waals surface area contributed by atoms with Crippen LogP contribution in [-0.4, -0.2) is 51.0 Å². The molecule has 1 unspecified atom stereocenters. The second-order valence-corrected chi connectivity index (χ2v) is 13.7. The van der Waals surface area contributed by atoms with Gasteiger partial charge in [0, 0.05) is 47.6 Å². The maximum atomic E-state index is 15.0. The van der Waals surface area contributed by atoms with Crippen LogP contribution in [0.3, 0.4) is 0 Å². The van der Waals surface area contributed by atoms with Crippen molar-refractivity contribution < 1.29 is 36.3 Å². The van der Waals surface area contributed by atoms with Crippen LogP contribution in [0.1, 0.15) is 17.3 Å². The number of aliphatic hydroxyl groups is 1. The summed E-state index contributed by atoms with van der Waals surface area (Å²) >= 11 is 0. The number of anilines is 1. The molecule has 2 aromatic heterocycles. The number of sulfonamides is 1. The number of nitrogens with zero attached hydrogens (tertiary/aromatic N) is 2. The van der Waals surface area contributed by atoms with Crippen LogP contribution in [-0.2, 0) is 15.7 Å². The smallest absolute Gasteiger partial charge is 0.255 e. The molecule has 1 amide bonds. The molecule has 0 saturated heterocycles. The van der Waals surface area contributed by atoms with Crippen molar-refractivity contribution in [3.63, 3.8) is 0 Å². The summed E-state index contributed by atoms with van der Waals surface area (Å²) in [6.45, 7) is 1.32. The molecular weight excluding hydrogens is 628 g/mol. The van der Waals surface area contributed by atoms with E-state index in [1.54, 1.807) is 60.0 Å². The molecule has 1 aliphatic heterocycles. The third-order valence-electron chi connectivity index (χ3n) is 8.66. The zero-order chi connectivity index (χ0) is 33.4. The number of fused-ring (bicyclic) bond motifs is 6. The number of ether oxygens (including phenoxy) is 1. The van der Waals surface area contributed by atoms with Gasteiger partial charge in [0.2, 0.25) is 15.7 Å². The summed E-state index contributed by atoms with van der Waals surface area (Å²) in [6.07, 6.45) is 1.08. The molecule has 0 radical (unpaired) electrons. The maximum Gasteiger partial charge on any atom is 0.255 e. The van der Waals surface area contributed by atoms with Crippen LogP contribution in [0, 0.1) is 11.6 Å². The van der Waals surface area contributed by atoms with Gasteiger partial charge in [0.1, 0.15) is 35.3 Å². The van der Waals surface area contributed by atoms with Crippen LogP contribution in [0.4, 0.5) is 14.5 Å². The minimum absolute atomic E-state index is 0.193. The summed E-state index contributed by atoms with van der Waals surface area (Å²) in [6, 6.07) is 20.4. The SMILES string of the molecule is CNC(=O)c1c(-c2ccc(F)cc2)oc2cc(N(C)S(C)(=O)=O)c(-c3ccc4c(c3)-c3cc5c(F)cccc5n3C(C)(CO)O4)cc12. The van der Waals surface area contributed by atoms with Gasteiger partial charge < -0.3 is 19.6 Å². The number of halogens is 2. The highest BCUT2D eigenvalue weighted by molar-refractivity contribution is 7.92. The van der Waals surface area contributed by atoms with E-state index >= 15 is 0 Å². The lowest BCUT2D eigenvalue weighted by atomic mass is 9.95. The van der Waals surface area contributed by atoms with E-state index < -0.39 is 33.3 Å². The predicted molar refractivity (Wildman–Crippen MR) is 176 cm³/mol. The van der Waals surface area contributed by atoms with E-state index in [9.17, 15) is 27.1 Å². The Balaban J connectivity index is 1.51. The molecule has 1 atom stereocenters. The quantitative estimate of drug-likeness (QED) is 0.212. The van der Waals surface area contributed by atoms with Crippen LogP contribution in [0.2, 0.25) is 0 Å². The predicted octanol–water partition coefficient (Wildman–Crippen LogP) is 6.48. The molecule has 240 valence electrons. The number of carbonyl (C=O) groups is 1. The zero-order valence-corrected chi connectivity index (χ0v) is 26.6. The topological polar surface area (TPSA) is 114 Å². The van der Waals surface area contributed by atoms with Crippen molar-refractivity contribution in [1.29, 1.82) is 0 Å². The molecular formula is C35H29F2N3O6S. The number of benzene rings is 4. The molecule has 47 heavy (non-hydrogen) atoms. The van der Waals surface area contributed by atoms with Crippen LogP contribution >= 0.6 is 0 Å². The number of rotatable bonds is 6. The average Bonchev–Trinajstić information content (AvgIpc) is 3.64. The van der Waals surface area contributed by atoms with Crippen LogP contribution < -0.4 is 14.4 Å². The fourth-order valence-corrected chi connectivity index (χ4v) is 6.74. The number of carbonyl (C=O) groups excluding carboxylic acids is 1. The van der Waals surface area contributed by atoms with Crippen LogP contribution in [0.15, 0.2) is 83.3 Å². The van der Waals surface area contributed by atoms with Crippen molar-refractivity contribution in [1.82, 2.24) is 9.88 Å². The first-order valence-electron chi connectivity index (χ1n) is 14.6. The van der Waals surface area contributed by atoms with Crippen molar-refractivity contribution in [2.75, 3.05) is 31.3 Å². The van der Waals surface area contributed by atoms with Crippen molar-refractivity contribution in [2.45, 2.75) is 12.6 Å². The minimum Gasteiger partial charge on any atom is -0.465 e. The molecule has 6 aromatic rings. The number of hydrogen-bond acceptors (Lipinski definition) is 6. The van der Waals surface area contributed by atoms with Gasteiger partial charge in [-0.1, -0.05) is 12.1 Å². The minimum atomic E-state index is -3.77. The molecule has 0 bridgehead atoms. The average molecular weight is 658 g/mol. The third-order valence-corrected chi connectivity index (χ3v) is 9.85. The number of furan rings is 1. The highest BCUT2D eigenvalue weighted by Crippen LogP contribution is 2.48. The second kappa shape index (κ2) is 10.7. The van der Waals surface area contributed by atoms with E-state index in [4.69, 9.17) is 9.15 Å². The van der Waals surface area contributed by atoms with E-state index in [-0.39, 0.29) is 29.2 Å². The first kappa shape index (κ1) is 30.5. The molecule has 0 saturated carbocycles. The normalized spacial score (nSPS) is 15.7. The third kappa shape index (κ3) is 4.74. The Labute approximate surface area is 268 Å². The summed E-state index contributed by atoms with van der Waals surface area (Å²) in [7, 11) is -0.876. The fourth-order valence-electron chi connectivity index (χ4n) is 6.23. The summed E-state index contributed by atoms with van der Waals surface area (Å²) in [5.74, 6) is -0.704. The first-order valence-corrected chi connectivity index (χ1v) is 16.5. The van der Waals surface area contributed by atoms with E-state index in [1.807, 2.05) is 0 Å². The monoisotopic (exact) mass is 657 g/mol. The second-order valence-electron chi connectivity index (χ2n) is 11.7. The lowest BCUT2D eigenvalue weighted by Crippen LogP contribution is -2.42. The molecule has 0 aliphatic carbocycles. The molecule has 4 aromatic carbocycles. The van der Waals surface area contributed by atoms with E-state index in [2.05, 4.69) is 5.32 Å². The molecule has 2 N–H and O–H groups in total. The van der Waals surface area contributed by atoms with Crippen molar-refractivity contribution in [3.8, 4) is 39.5 Å². The van der Waals surface area contributed by atoms with Crippen LogP contribution in [0.5, 0.6) is 5.75 Å². The number of aromatic nitrogens is 1. The molecule has 7 rings (SSSR count). The Morgan fingerprint density at radius 3 is 2.38 bits per heavy atom. The highest BCUT2D eigenvalue weighted by Gasteiger charge is 2.38. The van der Waals surface area contributed by atoms with Gasteiger partial charge in [0.15, 0.2) is 0 Å². The van der Waals surface area contributed by atoms with Gasteiger partial charge in [0.05, 0.1) is 28.7 Å². The Bertz CT molecular complexity index is 2370. The van der Waals surface area contributed by atoms with Crippen molar-refractivity contribution in [3.05, 3.63) is 96.1 Å². The molecule has 9 nitrogen and oxygen atoms in total. The molecule has 0 spiro atoms. The number of aliphatic hydroxyl groups excluding tert-OH is 1. The standard InChI is InChI=1S/C35H29F2N3O6S/c1-35(18-41)40-27-7-5-6-26(37)23(27)16-29(40)24-14-20(10-13-30(24)46-35)22-15-25-31(17-28(22)39(3)47(4,43)44)45-33(32(25)34(42)38-2)19-8-11-21(36)12-9-19/h5-17,41H,18H2,1-4H3,(H,38,42). The summed E-state index contributed by atoms with van der Waals surface area (Å²) in [4.78, 5) is 13.3. The molecule has 12 heteroatoms. The van der Waals surface area contributed by atoms with Gasteiger partial charge >= 0.3 is 0 Å². The van der Waals surface area contributed by atoms with Crippen molar-refractivity contribution in [2.24, 2.45) is 0 Å². The van der Waals surface area contributed by atoms with Gasteiger partial charge in [0.25, 0.3) is 5.91 Å². The number of amides is 1. The highest BCUT2D eigenvalue weighted by atomic mass is 32.2. The van der Waals surface area contributed by atoms with E-state index in [0.29, 0.717) is 50.0 Å². The molecule has 1 aliphatic rings. The maximum absolute atomic E-state index is 15.0. The zero-order valence-electron chi connectivity index (χ0n) is 25.8. The fraction of sp³-hybridized carbons (Fsp3) is 0.171. The lowest BCUT2D eigenvalue weighted by Gasteiger charge is -2.37. The summed E-state index contributed by atoms with van der Waals surface area (Å²) in [5.41, 5.74) is 2.67. The first-order chi connectivity index (χ1) is 22.3. The summed E-state index contributed by atoms with van der Waals surface area (Å²) in [5, 5.41) is 13.8. The largest absolute Gasteiger partial charge is 0.465 e. The van der Waals surface area contributed by atoms with Gasteiger partial charge in [-0.25, -0.2) is 17.2 Å². The Morgan fingerprint density at radius 1 is 0.979 bits per heavy atom. The Morgan fingerprint density at radius 2 is 1.70 bits per heavy atom.